The summed E-state index contributed by atoms with van der Waals surface area (Å²) in [5.74, 6) is 0. The summed E-state index contributed by atoms with van der Waals surface area (Å²) in [4.78, 5) is 9.93. The second-order valence-electron chi connectivity index (χ2n) is 3.73. The average molecular weight is 313 g/mol. The van der Waals surface area contributed by atoms with Gasteiger partial charge in [0.2, 0.25) is 0 Å². The Morgan fingerprint density at radius 3 is 2.60 bits per heavy atom. The van der Waals surface area contributed by atoms with Crippen LogP contribution in [0.3, 0.4) is 0 Å². The summed E-state index contributed by atoms with van der Waals surface area (Å²) in [5.41, 5.74) is -1.99. The van der Waals surface area contributed by atoms with E-state index in [4.69, 9.17) is 16.3 Å². The zero-order valence-electron chi connectivity index (χ0n) is 10.5. The number of nitrogens with zero attached hydrogens (tertiary/aromatic N) is 1. The number of anilines is 1. The van der Waals surface area contributed by atoms with Crippen molar-refractivity contribution in [1.29, 1.82) is 0 Å². The molecule has 0 spiro atoms. The molecule has 0 saturated heterocycles. The lowest BCUT2D eigenvalue weighted by atomic mass is 10.1. The number of hydrogen-bond donors (Lipinski definition) is 1. The van der Waals surface area contributed by atoms with Crippen LogP contribution in [0, 0.1) is 10.1 Å². The molecule has 1 aromatic carbocycles. The van der Waals surface area contributed by atoms with Gasteiger partial charge in [-0.3, -0.25) is 10.1 Å². The number of ether oxygens (including phenoxy) is 1. The second-order valence-corrected chi connectivity index (χ2v) is 4.13. The summed E-state index contributed by atoms with van der Waals surface area (Å²) in [6.07, 6.45) is -4.74. The number of benzene rings is 1. The monoisotopic (exact) mass is 312 g/mol. The highest BCUT2D eigenvalue weighted by Crippen LogP contribution is 2.40. The van der Waals surface area contributed by atoms with Crippen LogP contribution in [0.1, 0.15) is 12.5 Å². The van der Waals surface area contributed by atoms with Gasteiger partial charge in [0.25, 0.3) is 5.69 Å². The molecule has 0 heterocycles. The van der Waals surface area contributed by atoms with E-state index in [1.807, 2.05) is 0 Å². The van der Waals surface area contributed by atoms with Crippen molar-refractivity contribution in [3.05, 3.63) is 32.8 Å². The molecule has 0 aromatic heterocycles. The van der Waals surface area contributed by atoms with Crippen LogP contribution in [0.5, 0.6) is 0 Å². The van der Waals surface area contributed by atoms with Gasteiger partial charge in [0.1, 0.15) is 5.69 Å². The van der Waals surface area contributed by atoms with E-state index < -0.39 is 27.4 Å². The van der Waals surface area contributed by atoms with E-state index in [1.54, 1.807) is 6.92 Å². The molecule has 5 nitrogen and oxygen atoms in total. The van der Waals surface area contributed by atoms with E-state index in [1.165, 1.54) is 0 Å². The number of nitro groups is 1. The number of alkyl halides is 3. The molecular weight excluding hydrogens is 301 g/mol. The van der Waals surface area contributed by atoms with E-state index in [9.17, 15) is 23.3 Å². The number of halogens is 4. The van der Waals surface area contributed by atoms with E-state index in [0.29, 0.717) is 12.7 Å². The minimum Gasteiger partial charge on any atom is -0.380 e. The Morgan fingerprint density at radius 1 is 1.45 bits per heavy atom. The molecule has 20 heavy (non-hydrogen) atoms. The van der Waals surface area contributed by atoms with Gasteiger partial charge in [0, 0.05) is 19.2 Å². The number of rotatable bonds is 6. The summed E-state index contributed by atoms with van der Waals surface area (Å²) in [7, 11) is 0. The zero-order valence-corrected chi connectivity index (χ0v) is 11.2. The van der Waals surface area contributed by atoms with Crippen molar-refractivity contribution >= 4 is 23.0 Å². The Balaban J connectivity index is 3.06. The molecule has 0 aliphatic carbocycles. The van der Waals surface area contributed by atoms with Crippen LogP contribution in [0.15, 0.2) is 12.1 Å². The molecule has 0 fully saturated rings. The minimum absolute atomic E-state index is 0.0762. The molecule has 0 aliphatic rings. The fourth-order valence-electron chi connectivity index (χ4n) is 1.47. The van der Waals surface area contributed by atoms with Crippen LogP contribution in [-0.4, -0.2) is 24.7 Å². The highest BCUT2D eigenvalue weighted by atomic mass is 35.5. The van der Waals surface area contributed by atoms with Crippen LogP contribution in [-0.2, 0) is 10.9 Å². The van der Waals surface area contributed by atoms with Crippen molar-refractivity contribution < 1.29 is 22.8 Å². The van der Waals surface area contributed by atoms with Crippen LogP contribution >= 0.6 is 11.6 Å². The lowest BCUT2D eigenvalue weighted by molar-refractivity contribution is -0.384. The van der Waals surface area contributed by atoms with Gasteiger partial charge >= 0.3 is 6.18 Å². The number of hydrogen-bond acceptors (Lipinski definition) is 4. The molecule has 0 aliphatic heterocycles. The molecule has 1 aromatic rings. The standard InChI is InChI=1S/C11H12ClF3N2O3/c1-2-20-4-3-16-9-6-8(12)7(11(13,14)15)5-10(9)17(18)19/h5-6,16H,2-4H2,1H3. The molecule has 0 amide bonds. The maximum Gasteiger partial charge on any atom is 0.418 e. The maximum absolute atomic E-state index is 12.6. The van der Waals surface area contributed by atoms with E-state index in [-0.39, 0.29) is 18.8 Å². The molecule has 1 N–H and O–H groups in total. The number of nitro benzene ring substituents is 1. The highest BCUT2D eigenvalue weighted by Gasteiger charge is 2.36. The van der Waals surface area contributed by atoms with E-state index in [0.717, 1.165) is 6.07 Å². The normalized spacial score (nSPS) is 11.4. The summed E-state index contributed by atoms with van der Waals surface area (Å²) >= 11 is 5.52. The Kier molecular flexibility index (Phi) is 5.58. The highest BCUT2D eigenvalue weighted by molar-refractivity contribution is 6.31. The first kappa shape index (κ1) is 16.5. The van der Waals surface area contributed by atoms with Crippen LogP contribution in [0.4, 0.5) is 24.5 Å². The summed E-state index contributed by atoms with van der Waals surface area (Å²) in [6, 6.07) is 1.32. The average Bonchev–Trinajstić information content (AvgIpc) is 2.32. The molecule has 0 radical (unpaired) electrons. The Bertz CT molecular complexity index is 495. The van der Waals surface area contributed by atoms with Gasteiger partial charge in [0.15, 0.2) is 0 Å². The van der Waals surface area contributed by atoms with Crippen molar-refractivity contribution in [2.24, 2.45) is 0 Å². The largest absolute Gasteiger partial charge is 0.418 e. The van der Waals surface area contributed by atoms with Gasteiger partial charge in [-0.25, -0.2) is 0 Å². The van der Waals surface area contributed by atoms with E-state index >= 15 is 0 Å². The Labute approximate surface area is 117 Å². The van der Waals surface area contributed by atoms with Gasteiger partial charge in [-0.2, -0.15) is 13.2 Å². The van der Waals surface area contributed by atoms with Gasteiger partial charge < -0.3 is 10.1 Å². The molecule has 1 rings (SSSR count). The molecule has 0 atom stereocenters. The fraction of sp³-hybridized carbons (Fsp3) is 0.455. The topological polar surface area (TPSA) is 64.4 Å². The first-order chi connectivity index (χ1) is 9.27. The lowest BCUT2D eigenvalue weighted by Gasteiger charge is -2.12. The van der Waals surface area contributed by atoms with Crippen molar-refractivity contribution in [3.63, 3.8) is 0 Å². The van der Waals surface area contributed by atoms with Crippen LogP contribution in [0.25, 0.3) is 0 Å². The molecule has 9 heteroatoms. The third-order valence-corrected chi connectivity index (χ3v) is 2.67. The van der Waals surface area contributed by atoms with Crippen molar-refractivity contribution in [3.8, 4) is 0 Å². The SMILES string of the molecule is CCOCCNc1cc(Cl)c(C(F)(F)F)cc1[N+](=O)[O-]. The minimum atomic E-state index is -4.74. The molecular formula is C11H12ClF3N2O3. The Morgan fingerprint density at radius 2 is 2.10 bits per heavy atom. The van der Waals surface area contributed by atoms with Gasteiger partial charge in [-0.1, -0.05) is 11.6 Å². The van der Waals surface area contributed by atoms with Crippen LogP contribution < -0.4 is 5.32 Å². The zero-order chi connectivity index (χ0) is 15.3. The molecule has 0 saturated carbocycles. The third-order valence-electron chi connectivity index (χ3n) is 2.35. The first-order valence-corrected chi connectivity index (χ1v) is 6.02. The summed E-state index contributed by atoms with van der Waals surface area (Å²) in [5, 5.41) is 12.9. The smallest absolute Gasteiger partial charge is 0.380 e. The number of nitrogens with one attached hydrogen (secondary N) is 1. The maximum atomic E-state index is 12.6. The first-order valence-electron chi connectivity index (χ1n) is 5.64. The lowest BCUT2D eigenvalue weighted by Crippen LogP contribution is -2.12. The summed E-state index contributed by atoms with van der Waals surface area (Å²) < 4.78 is 42.9. The predicted octanol–water partition coefficient (Wildman–Crippen LogP) is 3.72. The quantitative estimate of drug-likeness (QED) is 0.494. The van der Waals surface area contributed by atoms with Crippen molar-refractivity contribution in [2.45, 2.75) is 13.1 Å². The second kappa shape index (κ2) is 6.76. The van der Waals surface area contributed by atoms with Crippen LogP contribution in [0.2, 0.25) is 5.02 Å². The van der Waals surface area contributed by atoms with Crippen molar-refractivity contribution in [1.82, 2.24) is 0 Å². The van der Waals surface area contributed by atoms with Gasteiger partial charge in [-0.15, -0.1) is 0 Å². The van der Waals surface area contributed by atoms with Crippen molar-refractivity contribution in [2.75, 3.05) is 25.1 Å². The van der Waals surface area contributed by atoms with E-state index in [2.05, 4.69) is 5.32 Å². The predicted molar refractivity (Wildman–Crippen MR) is 68.1 cm³/mol. The fourth-order valence-corrected chi connectivity index (χ4v) is 1.74. The van der Waals surface area contributed by atoms with Gasteiger partial charge in [0.05, 0.1) is 22.1 Å². The third kappa shape index (κ3) is 4.24. The molecule has 0 bridgehead atoms. The molecule has 112 valence electrons. The molecule has 0 unspecified atom stereocenters. The summed E-state index contributed by atoms with van der Waals surface area (Å²) in [6.45, 7) is 2.73. The van der Waals surface area contributed by atoms with Gasteiger partial charge in [-0.05, 0) is 13.0 Å². The Hall–Kier alpha value is -1.54.